The molecule has 64 valence electrons. The van der Waals surface area contributed by atoms with Crippen LogP contribution < -0.4 is 0 Å². The monoisotopic (exact) mass is 179 g/mol. The molecule has 0 atom stereocenters. The third-order valence-electron chi connectivity index (χ3n) is 2.04. The molecule has 1 rings (SSSR count). The molecule has 0 radical (unpaired) electrons. The maximum atomic E-state index is 12.6. The average Bonchev–Trinajstić information content (AvgIpc) is 1.94. The zero-order chi connectivity index (χ0) is 8.32. The fraction of sp³-hybridized carbons (Fsp3) is 0.857. The molecule has 1 saturated carbocycles. The number of rotatable bonds is 1. The molecule has 0 spiro atoms. The minimum atomic E-state index is -2.43. The molecule has 1 aliphatic rings. The van der Waals surface area contributed by atoms with Crippen LogP contribution in [0.5, 0.6) is 0 Å². The summed E-state index contributed by atoms with van der Waals surface area (Å²) in [5.41, 5.74) is 0. The number of halogens is 2. The highest BCUT2D eigenvalue weighted by atomic mass is 32.1. The van der Waals surface area contributed by atoms with Crippen molar-refractivity contribution in [3.05, 3.63) is 0 Å². The first-order valence-electron chi connectivity index (χ1n) is 3.69. The van der Waals surface area contributed by atoms with Gasteiger partial charge in [0.2, 0.25) is 5.92 Å². The van der Waals surface area contributed by atoms with E-state index in [2.05, 4.69) is 17.2 Å². The van der Waals surface area contributed by atoms with Crippen molar-refractivity contribution >= 4 is 19.0 Å². The van der Waals surface area contributed by atoms with Crippen LogP contribution in [-0.4, -0.2) is 12.1 Å². The lowest BCUT2D eigenvalue weighted by Crippen LogP contribution is -2.24. The zero-order valence-corrected chi connectivity index (χ0v) is 7.03. The summed E-state index contributed by atoms with van der Waals surface area (Å²) >= 11 is 3.66. The number of hydrogen-bond donors (Lipinski definition) is 1. The van der Waals surface area contributed by atoms with Gasteiger partial charge in [-0.1, -0.05) is 0 Å². The summed E-state index contributed by atoms with van der Waals surface area (Å²) < 4.78 is 28.6. The van der Waals surface area contributed by atoms with Gasteiger partial charge >= 0.3 is 0 Å². The molecule has 1 nitrogen and oxygen atoms in total. The Morgan fingerprint density at radius 1 is 1.36 bits per heavy atom. The van der Waals surface area contributed by atoms with Crippen LogP contribution in [0.4, 0.5) is 8.78 Å². The van der Waals surface area contributed by atoms with Crippen molar-refractivity contribution in [3.8, 4) is 0 Å². The quantitative estimate of drug-likeness (QED) is 0.469. The van der Waals surface area contributed by atoms with Crippen molar-refractivity contribution in [2.24, 2.45) is 10.3 Å². The predicted octanol–water partition coefficient (Wildman–Crippen LogP) is 2.73. The SMILES string of the molecule is FC1(F)CCC(/C=N/S)CC1. The van der Waals surface area contributed by atoms with Gasteiger partial charge in [0.1, 0.15) is 0 Å². The van der Waals surface area contributed by atoms with Crippen LogP contribution in [0, 0.1) is 5.92 Å². The van der Waals surface area contributed by atoms with Crippen molar-refractivity contribution in [1.82, 2.24) is 0 Å². The standard InChI is InChI=1S/C7H11F2NS/c8-7(9)3-1-6(2-4-7)5-10-11/h5-6,11H,1-4H2/b10-5+. The van der Waals surface area contributed by atoms with Gasteiger partial charge in [-0.3, -0.25) is 0 Å². The fourth-order valence-electron chi connectivity index (χ4n) is 1.31. The third-order valence-corrected chi connectivity index (χ3v) is 2.17. The van der Waals surface area contributed by atoms with Crippen molar-refractivity contribution in [2.75, 3.05) is 0 Å². The first kappa shape index (κ1) is 8.97. The predicted molar refractivity (Wildman–Crippen MR) is 44.4 cm³/mol. The maximum absolute atomic E-state index is 12.6. The van der Waals surface area contributed by atoms with Gasteiger partial charge in [-0.15, -0.1) is 0 Å². The van der Waals surface area contributed by atoms with Crippen LogP contribution in [0.15, 0.2) is 4.40 Å². The van der Waals surface area contributed by atoms with Crippen molar-refractivity contribution in [1.29, 1.82) is 0 Å². The molecule has 0 bridgehead atoms. The van der Waals surface area contributed by atoms with E-state index in [0.717, 1.165) is 0 Å². The van der Waals surface area contributed by atoms with E-state index < -0.39 is 5.92 Å². The minimum Gasteiger partial charge on any atom is -0.232 e. The van der Waals surface area contributed by atoms with Gasteiger partial charge in [-0.25, -0.2) is 13.2 Å². The molecule has 1 aliphatic carbocycles. The topological polar surface area (TPSA) is 12.4 Å². The van der Waals surface area contributed by atoms with Crippen LogP contribution in [0.2, 0.25) is 0 Å². The van der Waals surface area contributed by atoms with E-state index in [4.69, 9.17) is 0 Å². The molecular formula is C7H11F2NS. The van der Waals surface area contributed by atoms with E-state index >= 15 is 0 Å². The molecule has 0 heterocycles. The van der Waals surface area contributed by atoms with E-state index in [9.17, 15) is 8.78 Å². The first-order chi connectivity index (χ1) is 5.14. The van der Waals surface area contributed by atoms with E-state index in [1.54, 1.807) is 6.21 Å². The van der Waals surface area contributed by atoms with Gasteiger partial charge in [0.25, 0.3) is 0 Å². The Morgan fingerprint density at radius 2 is 1.91 bits per heavy atom. The summed E-state index contributed by atoms with van der Waals surface area (Å²) in [7, 11) is 0. The average molecular weight is 179 g/mol. The maximum Gasteiger partial charge on any atom is 0.248 e. The molecule has 11 heavy (non-hydrogen) atoms. The minimum absolute atomic E-state index is 0.00252. The molecule has 4 heteroatoms. The molecule has 1 fully saturated rings. The summed E-state index contributed by atoms with van der Waals surface area (Å²) in [6.07, 6.45) is 2.72. The molecule has 0 aromatic carbocycles. The highest BCUT2D eigenvalue weighted by Crippen LogP contribution is 2.35. The smallest absolute Gasteiger partial charge is 0.232 e. The summed E-state index contributed by atoms with van der Waals surface area (Å²) in [6, 6.07) is 0. The highest BCUT2D eigenvalue weighted by molar-refractivity contribution is 7.78. The molecule has 0 amide bonds. The Bertz CT molecular complexity index is 149. The van der Waals surface area contributed by atoms with Crippen molar-refractivity contribution in [3.63, 3.8) is 0 Å². The van der Waals surface area contributed by atoms with Crippen molar-refractivity contribution < 1.29 is 8.78 Å². The molecule has 0 aliphatic heterocycles. The van der Waals surface area contributed by atoms with E-state index in [1.807, 2.05) is 0 Å². The molecule has 0 N–H and O–H groups in total. The van der Waals surface area contributed by atoms with Crippen LogP contribution in [-0.2, 0) is 0 Å². The Hall–Kier alpha value is -0.120. The van der Waals surface area contributed by atoms with Gasteiger partial charge in [-0.2, -0.15) is 0 Å². The van der Waals surface area contributed by atoms with Crippen molar-refractivity contribution in [2.45, 2.75) is 31.6 Å². The van der Waals surface area contributed by atoms with Crippen LogP contribution in [0.25, 0.3) is 0 Å². The van der Waals surface area contributed by atoms with Gasteiger partial charge in [0.15, 0.2) is 0 Å². The lowest BCUT2D eigenvalue weighted by molar-refractivity contribution is -0.0390. The molecule has 0 saturated heterocycles. The Kier molecular flexibility index (Phi) is 2.87. The van der Waals surface area contributed by atoms with Crippen LogP contribution >= 0.6 is 12.8 Å². The summed E-state index contributed by atoms with van der Waals surface area (Å²) in [4.78, 5) is 0. The second-order valence-corrected chi connectivity index (χ2v) is 3.19. The Labute approximate surface area is 70.4 Å². The first-order valence-corrected chi connectivity index (χ1v) is 4.09. The second kappa shape index (κ2) is 3.52. The van der Waals surface area contributed by atoms with E-state index in [1.165, 1.54) is 0 Å². The van der Waals surface area contributed by atoms with Gasteiger partial charge in [0.05, 0.1) is 0 Å². The molecule has 0 aromatic heterocycles. The normalized spacial score (nSPS) is 26.1. The van der Waals surface area contributed by atoms with Crippen LogP contribution in [0.1, 0.15) is 25.7 Å². The van der Waals surface area contributed by atoms with Gasteiger partial charge in [0, 0.05) is 19.1 Å². The summed E-state index contributed by atoms with van der Waals surface area (Å²) in [6.45, 7) is 0. The highest BCUT2D eigenvalue weighted by Gasteiger charge is 2.34. The largest absolute Gasteiger partial charge is 0.248 e. The molecular weight excluding hydrogens is 168 g/mol. The lowest BCUT2D eigenvalue weighted by atomic mass is 9.88. The summed E-state index contributed by atoms with van der Waals surface area (Å²) in [5.74, 6) is -2.21. The van der Waals surface area contributed by atoms with Gasteiger partial charge < -0.3 is 0 Å². The fourth-order valence-corrected chi connectivity index (χ4v) is 1.49. The van der Waals surface area contributed by atoms with Gasteiger partial charge in [-0.05, 0) is 31.6 Å². The van der Waals surface area contributed by atoms with Crippen LogP contribution in [0.3, 0.4) is 0 Å². The second-order valence-electron chi connectivity index (χ2n) is 2.96. The lowest BCUT2D eigenvalue weighted by Gasteiger charge is -2.25. The number of nitrogens with zero attached hydrogens (tertiary/aromatic N) is 1. The molecule has 0 unspecified atom stereocenters. The third kappa shape index (κ3) is 2.77. The number of thiol groups is 1. The Balaban J connectivity index is 2.36. The number of hydrogen-bond acceptors (Lipinski definition) is 2. The number of alkyl halides is 2. The zero-order valence-electron chi connectivity index (χ0n) is 6.13. The Morgan fingerprint density at radius 3 is 2.36 bits per heavy atom. The van der Waals surface area contributed by atoms with E-state index in [-0.39, 0.29) is 18.8 Å². The summed E-state index contributed by atoms with van der Waals surface area (Å²) in [5, 5.41) is 0. The van der Waals surface area contributed by atoms with E-state index in [0.29, 0.717) is 12.8 Å². The molecule has 0 aromatic rings.